The van der Waals surface area contributed by atoms with E-state index in [0.717, 1.165) is 0 Å². The first-order valence-electron chi connectivity index (χ1n) is 3.92. The van der Waals surface area contributed by atoms with Crippen LogP contribution < -0.4 is 0 Å². The summed E-state index contributed by atoms with van der Waals surface area (Å²) in [6.45, 7) is 0. The van der Waals surface area contributed by atoms with E-state index in [1.165, 1.54) is 0 Å². The van der Waals surface area contributed by atoms with Crippen LogP contribution in [0.15, 0.2) is 0 Å². The molecule has 0 aromatic carbocycles. The number of aliphatic carboxylic acids is 2. The molecule has 0 saturated carbocycles. The second-order valence-electron chi connectivity index (χ2n) is 3.04. The van der Waals surface area contributed by atoms with Gasteiger partial charge in [0.2, 0.25) is 0 Å². The molecule has 20 heavy (non-hydrogen) atoms. The van der Waals surface area contributed by atoms with Gasteiger partial charge < -0.3 is 19.8 Å². The number of phosphoric acid groups is 1. The maximum absolute atomic E-state index is 10.8. The number of phosphoric ester groups is 1. The molecular formula is C6H12ClKNaO10P. The number of halogens is 1. The van der Waals surface area contributed by atoms with Gasteiger partial charge >= 0.3 is 107 Å². The first kappa shape index (κ1) is 29.5. The number of carboxylic acids is 2. The molecule has 10 nitrogen and oxygen atoms in total. The second kappa shape index (κ2) is 11.9. The van der Waals surface area contributed by atoms with Crippen molar-refractivity contribution in [3.05, 3.63) is 0 Å². The average Bonchev–Trinajstić information content (AvgIpc) is 1.96. The van der Waals surface area contributed by atoms with E-state index in [9.17, 15) is 24.1 Å². The van der Waals surface area contributed by atoms with Crippen molar-refractivity contribution < 1.29 is 48.6 Å². The van der Waals surface area contributed by atoms with Gasteiger partial charge in [-0.1, -0.05) is 0 Å². The predicted molar refractivity (Wildman–Crippen MR) is 69.1 cm³/mol. The minimum atomic E-state index is -5.17. The van der Waals surface area contributed by atoms with Crippen molar-refractivity contribution in [3.63, 3.8) is 0 Å². The fraction of sp³-hybridized carbons (Fsp3) is 0.500. The Hall–Kier alpha value is 1.45. The summed E-state index contributed by atoms with van der Waals surface area (Å²) in [5.41, 5.74) is -2.99. The normalized spacial score (nSPS) is 12.6. The van der Waals surface area contributed by atoms with Crippen LogP contribution in [0.1, 0.15) is 12.8 Å². The van der Waals surface area contributed by atoms with Gasteiger partial charge in [0.1, 0.15) is 0 Å². The zero-order valence-electron chi connectivity index (χ0n) is 8.55. The van der Waals surface area contributed by atoms with Crippen molar-refractivity contribution >= 4 is 119 Å². The number of rotatable bonds is 6. The maximum atomic E-state index is 10.8. The molecule has 5 N–H and O–H groups in total. The zero-order chi connectivity index (χ0) is 13.9. The van der Waals surface area contributed by atoms with Gasteiger partial charge in [-0.15, -0.1) is 12.4 Å². The molecule has 0 amide bonds. The van der Waals surface area contributed by atoms with Gasteiger partial charge in [0.05, 0.1) is 12.8 Å². The van der Waals surface area contributed by atoms with Gasteiger partial charge in [0.25, 0.3) is 0 Å². The Morgan fingerprint density at radius 1 is 1.10 bits per heavy atom. The topological polar surface area (TPSA) is 179 Å². The number of carbonyl (C=O) groups is 3. The van der Waals surface area contributed by atoms with E-state index in [0.29, 0.717) is 0 Å². The summed E-state index contributed by atoms with van der Waals surface area (Å²) in [5.74, 6) is -5.47. The summed E-state index contributed by atoms with van der Waals surface area (Å²) in [6, 6.07) is 0. The molecule has 0 rings (SSSR count). The molecule has 0 spiro atoms. The summed E-state index contributed by atoms with van der Waals surface area (Å²) in [5, 5.41) is 26.1. The van der Waals surface area contributed by atoms with Crippen molar-refractivity contribution in [2.45, 2.75) is 18.4 Å². The summed E-state index contributed by atoms with van der Waals surface area (Å²) >= 11 is 0. The van der Waals surface area contributed by atoms with Crippen LogP contribution in [0.2, 0.25) is 0 Å². The number of aliphatic hydroxyl groups is 1. The van der Waals surface area contributed by atoms with Crippen molar-refractivity contribution in [3.8, 4) is 0 Å². The molecule has 0 aliphatic heterocycles. The number of carboxylic acid groups (broad SMARTS) is 2. The Balaban J connectivity index is -0.000000427. The van der Waals surface area contributed by atoms with Gasteiger partial charge in [-0.3, -0.25) is 19.4 Å². The third-order valence-electron chi connectivity index (χ3n) is 1.50. The minimum absolute atomic E-state index is 0. The third-order valence-corrected chi connectivity index (χ3v) is 1.94. The van der Waals surface area contributed by atoms with Crippen LogP contribution in [0.4, 0.5) is 0 Å². The molecule has 0 saturated heterocycles. The second-order valence-corrected chi connectivity index (χ2v) is 4.20. The van der Waals surface area contributed by atoms with Crippen molar-refractivity contribution in [1.82, 2.24) is 0 Å². The summed E-state index contributed by atoms with van der Waals surface area (Å²) in [7, 11) is -5.17. The molecule has 0 aromatic heterocycles. The molecule has 1 unspecified atom stereocenters. The van der Waals surface area contributed by atoms with Crippen molar-refractivity contribution in [2.75, 3.05) is 0 Å². The van der Waals surface area contributed by atoms with E-state index in [1.54, 1.807) is 0 Å². The van der Waals surface area contributed by atoms with E-state index in [4.69, 9.17) is 20.0 Å². The first-order chi connectivity index (χ1) is 7.46. The van der Waals surface area contributed by atoms with Gasteiger partial charge in [0.15, 0.2) is 5.60 Å². The van der Waals surface area contributed by atoms with Gasteiger partial charge in [-0.2, -0.15) is 0 Å². The molecule has 14 heteroatoms. The van der Waals surface area contributed by atoms with E-state index >= 15 is 0 Å². The quantitative estimate of drug-likeness (QED) is 0.245. The van der Waals surface area contributed by atoms with E-state index in [2.05, 4.69) is 4.52 Å². The van der Waals surface area contributed by atoms with Crippen LogP contribution in [0.3, 0.4) is 0 Å². The average molecular weight is 373 g/mol. The fourth-order valence-electron chi connectivity index (χ4n) is 0.868. The van der Waals surface area contributed by atoms with E-state index < -0.39 is 44.2 Å². The molecule has 110 valence electrons. The Morgan fingerprint density at radius 3 is 1.75 bits per heavy atom. The molecule has 0 aliphatic carbocycles. The van der Waals surface area contributed by atoms with Crippen LogP contribution in [-0.2, 0) is 23.5 Å². The van der Waals surface area contributed by atoms with Gasteiger partial charge in [-0.25, -0.2) is 9.36 Å². The molecule has 0 aromatic rings. The number of hydrogen-bond donors (Lipinski definition) is 5. The van der Waals surface area contributed by atoms with E-state index in [1.807, 2.05) is 0 Å². The Labute approximate surface area is 183 Å². The zero-order valence-corrected chi connectivity index (χ0v) is 10.3. The summed E-state index contributed by atoms with van der Waals surface area (Å²) in [6.07, 6.45) is -2.72. The summed E-state index contributed by atoms with van der Waals surface area (Å²) in [4.78, 5) is 48.1. The summed E-state index contributed by atoms with van der Waals surface area (Å²) < 4.78 is 13.7. The van der Waals surface area contributed by atoms with Crippen LogP contribution in [0.25, 0.3) is 0 Å². The number of hydrogen-bond acceptors (Lipinski definition) is 6. The molecule has 0 fully saturated rings. The SMILES string of the molecule is Cl.O=C(O)CC(O)(CC(=O)OP(=O)(O)O)C(=O)O.[KH].[NaH]. The van der Waals surface area contributed by atoms with Gasteiger partial charge in [-0.05, 0) is 0 Å². The monoisotopic (exact) mass is 372 g/mol. The molecule has 0 heterocycles. The molecule has 1 atom stereocenters. The standard InChI is InChI=1S/C6H9O10P.ClH.K.Na.2H/c7-3(8)1-6(12,5(10)11)2-4(9)16-17(13,14)15;;;;;/h12H,1-2H2,(H,7,8)(H,10,11)(H2,13,14,15);1H;;;;. The van der Waals surface area contributed by atoms with Crippen LogP contribution >= 0.6 is 20.2 Å². The van der Waals surface area contributed by atoms with Crippen molar-refractivity contribution in [2.24, 2.45) is 0 Å². The molecule has 0 bridgehead atoms. The predicted octanol–water partition coefficient (Wildman–Crippen LogP) is -2.57. The Kier molecular flexibility index (Phi) is 17.6. The molecule has 0 aliphatic rings. The third kappa shape index (κ3) is 13.1. The van der Waals surface area contributed by atoms with E-state index in [-0.39, 0.29) is 93.3 Å². The molecular weight excluding hydrogens is 361 g/mol. The first-order valence-corrected chi connectivity index (χ1v) is 5.45. The Morgan fingerprint density at radius 2 is 1.50 bits per heavy atom. The fourth-order valence-corrected chi connectivity index (χ4v) is 1.20. The van der Waals surface area contributed by atoms with Crippen molar-refractivity contribution in [1.29, 1.82) is 0 Å². The van der Waals surface area contributed by atoms with Crippen LogP contribution in [-0.4, -0.2) is 130 Å². The number of carbonyl (C=O) groups excluding carboxylic acids is 1. The Bertz CT molecular complexity index is 399. The van der Waals surface area contributed by atoms with Crippen LogP contribution in [0.5, 0.6) is 0 Å². The molecule has 0 radical (unpaired) electrons. The van der Waals surface area contributed by atoms with Gasteiger partial charge in [0, 0.05) is 0 Å². The van der Waals surface area contributed by atoms with Crippen LogP contribution in [0, 0.1) is 0 Å².